The molecule has 8 heteroatoms. The van der Waals surface area contributed by atoms with Gasteiger partial charge in [-0.2, -0.15) is 0 Å². The molecule has 1 aliphatic heterocycles. The molecule has 0 radical (unpaired) electrons. The molecule has 1 amide bonds. The molecule has 0 saturated heterocycles. The first-order valence-electron chi connectivity index (χ1n) is 4.03. The van der Waals surface area contributed by atoms with E-state index < -0.39 is 29.7 Å². The molecular formula is C7H7N3O5. The van der Waals surface area contributed by atoms with E-state index in [0.717, 1.165) is 0 Å². The van der Waals surface area contributed by atoms with Gasteiger partial charge in [-0.3, -0.25) is 4.79 Å². The summed E-state index contributed by atoms with van der Waals surface area (Å²) in [6, 6.07) is 0. The number of ether oxygens (including phenoxy) is 1. The molecule has 1 atom stereocenters. The summed E-state index contributed by atoms with van der Waals surface area (Å²) in [6.07, 6.45) is -1.20. The van der Waals surface area contributed by atoms with Crippen molar-refractivity contribution < 1.29 is 24.2 Å². The first kappa shape index (κ1) is 11.0. The largest absolute Gasteiger partial charge is 0.479 e. The highest BCUT2D eigenvalue weighted by Gasteiger charge is 2.30. The Morgan fingerprint density at radius 1 is 1.53 bits per heavy atom. The quantitative estimate of drug-likeness (QED) is 0.645. The molecule has 1 N–H and O–H groups in total. The normalized spacial score (nSPS) is 16.1. The molecular weight excluding hydrogens is 206 g/mol. The van der Waals surface area contributed by atoms with Crippen molar-refractivity contribution in [3.05, 3.63) is 0 Å². The first-order valence-corrected chi connectivity index (χ1v) is 4.03. The lowest BCUT2D eigenvalue weighted by Gasteiger charge is -2.09. The number of carbonyl (C=O) groups is 3. The third-order valence-corrected chi connectivity index (χ3v) is 1.57. The monoisotopic (exact) mass is 213 g/mol. The highest BCUT2D eigenvalue weighted by atomic mass is 16.6. The Morgan fingerprint density at radius 3 is 2.60 bits per heavy atom. The zero-order valence-electron chi connectivity index (χ0n) is 7.71. The highest BCUT2D eigenvalue weighted by molar-refractivity contribution is 6.64. The van der Waals surface area contributed by atoms with Crippen LogP contribution in [-0.2, 0) is 19.1 Å². The fourth-order valence-corrected chi connectivity index (χ4v) is 0.819. The Hall–Kier alpha value is -2.12. The molecule has 0 aromatic rings. The molecule has 0 spiro atoms. The van der Waals surface area contributed by atoms with Gasteiger partial charge >= 0.3 is 17.8 Å². The van der Waals surface area contributed by atoms with E-state index in [1.54, 1.807) is 0 Å². The minimum absolute atomic E-state index is 0.0941. The Labute approximate surface area is 83.6 Å². The lowest BCUT2D eigenvalue weighted by Crippen LogP contribution is -2.32. The zero-order valence-corrected chi connectivity index (χ0v) is 7.71. The third kappa shape index (κ3) is 2.42. The zero-order chi connectivity index (χ0) is 11.4. The summed E-state index contributed by atoms with van der Waals surface area (Å²) in [7, 11) is 0. The maximum absolute atomic E-state index is 11.2. The Morgan fingerprint density at radius 2 is 2.20 bits per heavy atom. The van der Waals surface area contributed by atoms with Gasteiger partial charge in [-0.25, -0.2) is 9.59 Å². The topological polar surface area (TPSA) is 118 Å². The third-order valence-electron chi connectivity index (χ3n) is 1.57. The van der Waals surface area contributed by atoms with E-state index in [-0.39, 0.29) is 6.42 Å². The summed E-state index contributed by atoms with van der Waals surface area (Å²) in [5, 5.41) is 17.6. The maximum Gasteiger partial charge on any atom is 0.365 e. The molecule has 1 unspecified atom stereocenters. The molecule has 1 rings (SSSR count). The van der Waals surface area contributed by atoms with Crippen molar-refractivity contribution in [1.82, 2.24) is 0 Å². The van der Waals surface area contributed by atoms with E-state index in [9.17, 15) is 14.4 Å². The smallest absolute Gasteiger partial charge is 0.365 e. The van der Waals surface area contributed by atoms with Gasteiger partial charge in [0.1, 0.15) is 0 Å². The second-order valence-corrected chi connectivity index (χ2v) is 2.58. The van der Waals surface area contributed by atoms with Crippen molar-refractivity contribution in [3.8, 4) is 0 Å². The number of hydrogen-bond donors (Lipinski definition) is 1. The first-order chi connectivity index (χ1) is 7.06. The lowest BCUT2D eigenvalue weighted by atomic mass is 10.3. The molecule has 1 heterocycles. The second-order valence-electron chi connectivity index (χ2n) is 2.58. The van der Waals surface area contributed by atoms with Gasteiger partial charge in [-0.1, -0.05) is 12.0 Å². The van der Waals surface area contributed by atoms with Crippen LogP contribution in [0.15, 0.2) is 15.4 Å². The number of aliphatic carboxylic acids is 1. The van der Waals surface area contributed by atoms with E-state index >= 15 is 0 Å². The molecule has 0 aromatic carbocycles. The predicted molar refractivity (Wildman–Crippen MR) is 45.1 cm³/mol. The van der Waals surface area contributed by atoms with Crippen LogP contribution in [0.5, 0.6) is 0 Å². The van der Waals surface area contributed by atoms with Crippen LogP contribution >= 0.6 is 0 Å². The van der Waals surface area contributed by atoms with E-state index in [4.69, 9.17) is 5.11 Å². The van der Waals surface area contributed by atoms with Gasteiger partial charge in [0, 0.05) is 0 Å². The van der Waals surface area contributed by atoms with Crippen LogP contribution in [-0.4, -0.2) is 34.8 Å². The van der Waals surface area contributed by atoms with Crippen molar-refractivity contribution in [1.29, 1.82) is 0 Å². The van der Waals surface area contributed by atoms with Gasteiger partial charge in [0.2, 0.25) is 5.71 Å². The summed E-state index contributed by atoms with van der Waals surface area (Å²) in [6.45, 7) is 1.53. The minimum atomic E-state index is -1.30. The van der Waals surface area contributed by atoms with Gasteiger partial charge in [-0.05, 0) is 11.6 Å². The van der Waals surface area contributed by atoms with Crippen LogP contribution in [0.3, 0.4) is 0 Å². The van der Waals surface area contributed by atoms with Crippen molar-refractivity contribution >= 4 is 23.6 Å². The van der Waals surface area contributed by atoms with Gasteiger partial charge in [0.25, 0.3) is 0 Å². The summed E-state index contributed by atoms with van der Waals surface area (Å²) in [4.78, 5) is 32.5. The standard InChI is InChI=1S/C7H7N3O5/c1-2-3(6(12)13)15-7(14)4-5(11)9-10-8-4/h3H,2H2,1H3,(H,12,13). The van der Waals surface area contributed by atoms with Gasteiger partial charge in [0.15, 0.2) is 6.10 Å². The predicted octanol–water partition coefficient (Wildman–Crippen LogP) is -0.259. The molecule has 0 aromatic heterocycles. The summed E-state index contributed by atoms with van der Waals surface area (Å²) in [5.41, 5.74) is -0.602. The molecule has 1 aliphatic rings. The average molecular weight is 213 g/mol. The molecule has 80 valence electrons. The lowest BCUT2D eigenvalue weighted by molar-refractivity contribution is -0.159. The van der Waals surface area contributed by atoms with Crippen LogP contribution in [0.25, 0.3) is 0 Å². The molecule has 0 saturated carbocycles. The number of nitrogens with zero attached hydrogens (tertiary/aromatic N) is 3. The average Bonchev–Trinajstić information content (AvgIpc) is 2.60. The molecule has 8 nitrogen and oxygen atoms in total. The van der Waals surface area contributed by atoms with E-state index in [1.807, 2.05) is 0 Å². The fraction of sp³-hybridized carbons (Fsp3) is 0.429. The van der Waals surface area contributed by atoms with Gasteiger partial charge in [0.05, 0.1) is 0 Å². The second kappa shape index (κ2) is 4.40. The van der Waals surface area contributed by atoms with E-state index in [1.165, 1.54) is 6.92 Å². The van der Waals surface area contributed by atoms with Gasteiger partial charge < -0.3 is 9.84 Å². The SMILES string of the molecule is CCC(OC(=O)C1=NN=NC1=O)C(=O)O. The van der Waals surface area contributed by atoms with Crippen molar-refractivity contribution in [3.63, 3.8) is 0 Å². The van der Waals surface area contributed by atoms with Crippen LogP contribution in [0.2, 0.25) is 0 Å². The Bertz CT molecular complexity index is 373. The van der Waals surface area contributed by atoms with Crippen LogP contribution in [0.1, 0.15) is 13.3 Å². The molecule has 0 bridgehead atoms. The fourth-order valence-electron chi connectivity index (χ4n) is 0.819. The Kier molecular flexibility index (Phi) is 3.21. The van der Waals surface area contributed by atoms with Crippen LogP contribution in [0.4, 0.5) is 0 Å². The number of carboxylic acid groups (broad SMARTS) is 1. The summed E-state index contributed by atoms with van der Waals surface area (Å²) in [5.74, 6) is -3.34. The minimum Gasteiger partial charge on any atom is -0.479 e. The summed E-state index contributed by atoms with van der Waals surface area (Å²) >= 11 is 0. The number of rotatable bonds is 4. The van der Waals surface area contributed by atoms with Crippen molar-refractivity contribution in [2.45, 2.75) is 19.4 Å². The van der Waals surface area contributed by atoms with Gasteiger partial charge in [-0.15, -0.1) is 5.10 Å². The van der Waals surface area contributed by atoms with Crippen LogP contribution < -0.4 is 0 Å². The van der Waals surface area contributed by atoms with Crippen molar-refractivity contribution in [2.24, 2.45) is 15.4 Å². The molecule has 0 fully saturated rings. The van der Waals surface area contributed by atoms with Crippen molar-refractivity contribution in [2.75, 3.05) is 0 Å². The number of amides is 1. The highest BCUT2D eigenvalue weighted by Crippen LogP contribution is 2.04. The number of hydrogen-bond acceptors (Lipinski definition) is 6. The number of carboxylic acids is 1. The van der Waals surface area contributed by atoms with E-state index in [2.05, 4.69) is 20.2 Å². The molecule has 15 heavy (non-hydrogen) atoms. The van der Waals surface area contributed by atoms with Crippen LogP contribution in [0, 0.1) is 0 Å². The number of carbonyl (C=O) groups excluding carboxylic acids is 2. The Balaban J connectivity index is 2.63. The maximum atomic E-state index is 11.2. The molecule has 0 aliphatic carbocycles. The summed E-state index contributed by atoms with van der Waals surface area (Å²) < 4.78 is 4.51. The number of esters is 1. The van der Waals surface area contributed by atoms with E-state index in [0.29, 0.717) is 0 Å².